The van der Waals surface area contributed by atoms with Gasteiger partial charge < -0.3 is 89.7 Å². The maximum Gasteiger partial charge on any atom is 0.187 e. The molecule has 18 heteroatoms. The SMILES string of the molecule is OCC(O)CO[C@H]1O[C@H](CO)[C@@H](O)[C@H](O)[C@H]1O[C@H]1O[C@H](CO[C@@H]2O[C@H](CO)[C@@H](O)[C@H](O)[C@H]2O)[C@H](O)[C@H](O)[C@H]1O. The molecule has 18 nitrogen and oxygen atoms in total. The lowest BCUT2D eigenvalue weighted by Gasteiger charge is -2.46. The Hall–Kier alpha value is -0.720. The van der Waals surface area contributed by atoms with Gasteiger partial charge in [0.1, 0.15) is 79.4 Å². The third-order valence-corrected chi connectivity index (χ3v) is 6.72. The number of aliphatic hydroxyl groups is 12. The second-order valence-electron chi connectivity index (χ2n) is 9.52. The number of hydrogen-bond acceptors (Lipinski definition) is 18. The number of hydrogen-bond donors (Lipinski definition) is 12. The van der Waals surface area contributed by atoms with Crippen molar-refractivity contribution in [1.82, 2.24) is 0 Å². The zero-order chi connectivity index (χ0) is 29.0. The standard InChI is InChI=1S/C21H38O18/c22-1-6(25)4-34-21-18(15(31)11(27)8(3-24)37-21)39-20-17(33)14(30)12(28)9(38-20)5-35-19-16(32)13(29)10(26)7(2-23)36-19/h6-33H,1-5H2/t6?,7-,8-,9-,10-,11-,12+,13+,14+,15+,16-,17-,18-,19-,20-,21+/m1/s1. The highest BCUT2D eigenvalue weighted by Crippen LogP contribution is 2.30. The Kier molecular flexibility index (Phi) is 12.1. The molecule has 0 aromatic carbocycles. The average Bonchev–Trinajstić information content (AvgIpc) is 2.93. The van der Waals surface area contributed by atoms with Crippen molar-refractivity contribution >= 4 is 0 Å². The minimum absolute atomic E-state index is 0.521. The molecule has 39 heavy (non-hydrogen) atoms. The summed E-state index contributed by atoms with van der Waals surface area (Å²) in [5.74, 6) is 0. The van der Waals surface area contributed by atoms with Crippen LogP contribution < -0.4 is 0 Å². The highest BCUT2D eigenvalue weighted by Gasteiger charge is 2.52. The molecule has 12 N–H and O–H groups in total. The Morgan fingerprint density at radius 1 is 0.538 bits per heavy atom. The Morgan fingerprint density at radius 3 is 1.59 bits per heavy atom. The van der Waals surface area contributed by atoms with Crippen LogP contribution in [0, 0.1) is 0 Å². The smallest absolute Gasteiger partial charge is 0.187 e. The Morgan fingerprint density at radius 2 is 1.03 bits per heavy atom. The lowest BCUT2D eigenvalue weighted by molar-refractivity contribution is -0.373. The molecule has 0 aromatic heterocycles. The van der Waals surface area contributed by atoms with Crippen molar-refractivity contribution in [3.05, 3.63) is 0 Å². The van der Waals surface area contributed by atoms with Gasteiger partial charge in [-0.05, 0) is 0 Å². The van der Waals surface area contributed by atoms with Crippen molar-refractivity contribution < 1.29 is 89.7 Å². The minimum Gasteiger partial charge on any atom is -0.394 e. The van der Waals surface area contributed by atoms with Gasteiger partial charge >= 0.3 is 0 Å². The van der Waals surface area contributed by atoms with Gasteiger partial charge in [0.15, 0.2) is 18.9 Å². The van der Waals surface area contributed by atoms with Crippen molar-refractivity contribution in [3.8, 4) is 0 Å². The topological polar surface area (TPSA) is 298 Å². The molecule has 16 atom stereocenters. The monoisotopic (exact) mass is 578 g/mol. The largest absolute Gasteiger partial charge is 0.394 e. The first-order chi connectivity index (χ1) is 18.4. The van der Waals surface area contributed by atoms with Crippen LogP contribution in [0.4, 0.5) is 0 Å². The third kappa shape index (κ3) is 7.38. The molecular weight excluding hydrogens is 540 g/mol. The van der Waals surface area contributed by atoms with E-state index in [4.69, 9.17) is 33.5 Å². The highest BCUT2D eigenvalue weighted by molar-refractivity contribution is 4.94. The van der Waals surface area contributed by atoms with Crippen molar-refractivity contribution in [2.45, 2.75) is 98.2 Å². The maximum atomic E-state index is 10.6. The van der Waals surface area contributed by atoms with E-state index in [0.717, 1.165) is 0 Å². The van der Waals surface area contributed by atoms with Crippen molar-refractivity contribution in [2.24, 2.45) is 0 Å². The van der Waals surface area contributed by atoms with Crippen LogP contribution in [0.25, 0.3) is 0 Å². The molecule has 0 spiro atoms. The Bertz CT molecular complexity index is 731. The molecule has 0 amide bonds. The van der Waals surface area contributed by atoms with E-state index in [1.807, 2.05) is 0 Å². The predicted molar refractivity (Wildman–Crippen MR) is 118 cm³/mol. The van der Waals surface area contributed by atoms with Crippen LogP contribution in [-0.2, 0) is 28.4 Å². The highest BCUT2D eigenvalue weighted by atomic mass is 16.8. The first kappa shape index (κ1) is 32.8. The molecule has 3 fully saturated rings. The van der Waals surface area contributed by atoms with Crippen LogP contribution in [0.1, 0.15) is 0 Å². The van der Waals surface area contributed by atoms with Crippen molar-refractivity contribution in [2.75, 3.05) is 33.0 Å². The summed E-state index contributed by atoms with van der Waals surface area (Å²) in [4.78, 5) is 0. The second-order valence-corrected chi connectivity index (χ2v) is 9.52. The first-order valence-electron chi connectivity index (χ1n) is 12.2. The van der Waals surface area contributed by atoms with Crippen molar-refractivity contribution in [1.29, 1.82) is 0 Å². The van der Waals surface area contributed by atoms with Crippen LogP contribution >= 0.6 is 0 Å². The number of aliphatic hydroxyl groups excluding tert-OH is 12. The Labute approximate surface area is 221 Å². The zero-order valence-electron chi connectivity index (χ0n) is 20.6. The third-order valence-electron chi connectivity index (χ3n) is 6.72. The first-order valence-corrected chi connectivity index (χ1v) is 12.2. The molecule has 3 heterocycles. The average molecular weight is 579 g/mol. The van der Waals surface area contributed by atoms with E-state index in [9.17, 15) is 56.2 Å². The minimum atomic E-state index is -1.92. The summed E-state index contributed by atoms with van der Waals surface area (Å²) in [6.45, 7) is -3.31. The lowest BCUT2D eigenvalue weighted by Crippen LogP contribution is -2.65. The van der Waals surface area contributed by atoms with Gasteiger partial charge in [-0.1, -0.05) is 0 Å². The number of rotatable bonds is 11. The van der Waals surface area contributed by atoms with Crippen LogP contribution in [0.15, 0.2) is 0 Å². The summed E-state index contributed by atoms with van der Waals surface area (Å²) in [7, 11) is 0. The Balaban J connectivity index is 1.70. The van der Waals surface area contributed by atoms with Gasteiger partial charge in [-0.2, -0.15) is 0 Å². The van der Waals surface area contributed by atoms with E-state index in [1.165, 1.54) is 0 Å². The van der Waals surface area contributed by atoms with Gasteiger partial charge in [-0.3, -0.25) is 0 Å². The molecule has 1 unspecified atom stereocenters. The van der Waals surface area contributed by atoms with Gasteiger partial charge in [-0.25, -0.2) is 0 Å². The molecule has 3 rings (SSSR count). The van der Waals surface area contributed by atoms with Gasteiger partial charge in [0.25, 0.3) is 0 Å². The summed E-state index contributed by atoms with van der Waals surface area (Å²) in [6, 6.07) is 0. The lowest BCUT2D eigenvalue weighted by atomic mass is 9.97. The van der Waals surface area contributed by atoms with E-state index in [2.05, 4.69) is 0 Å². The summed E-state index contributed by atoms with van der Waals surface area (Å²) in [5.41, 5.74) is 0. The molecule has 0 aliphatic carbocycles. The van der Waals surface area contributed by atoms with Gasteiger partial charge in [0, 0.05) is 0 Å². The molecule has 3 aliphatic heterocycles. The summed E-state index contributed by atoms with van der Waals surface area (Å²) >= 11 is 0. The fraction of sp³-hybridized carbons (Fsp3) is 1.00. The quantitative estimate of drug-likeness (QED) is 0.108. The van der Waals surface area contributed by atoms with Gasteiger partial charge in [-0.15, -0.1) is 0 Å². The molecule has 0 radical (unpaired) electrons. The van der Waals surface area contributed by atoms with E-state index < -0.39 is 131 Å². The van der Waals surface area contributed by atoms with Crippen LogP contribution in [0.5, 0.6) is 0 Å². The summed E-state index contributed by atoms with van der Waals surface area (Å²) < 4.78 is 32.3. The van der Waals surface area contributed by atoms with E-state index >= 15 is 0 Å². The normalized spacial score (nSPS) is 48.2. The van der Waals surface area contributed by atoms with Gasteiger partial charge in [0.05, 0.1) is 33.0 Å². The molecule has 230 valence electrons. The predicted octanol–water partition coefficient (Wildman–Crippen LogP) is -8.20. The number of ether oxygens (including phenoxy) is 6. The second kappa shape index (κ2) is 14.4. The molecule has 0 saturated carbocycles. The van der Waals surface area contributed by atoms with Crippen LogP contribution in [-0.4, -0.2) is 193 Å². The van der Waals surface area contributed by atoms with Gasteiger partial charge in [0.2, 0.25) is 0 Å². The van der Waals surface area contributed by atoms with Crippen LogP contribution in [0.2, 0.25) is 0 Å². The summed E-state index contributed by atoms with van der Waals surface area (Å²) in [6.07, 6.45) is -26.4. The fourth-order valence-electron chi connectivity index (χ4n) is 4.31. The van der Waals surface area contributed by atoms with Crippen LogP contribution in [0.3, 0.4) is 0 Å². The molecular formula is C21H38O18. The molecule has 3 saturated heterocycles. The van der Waals surface area contributed by atoms with E-state index in [-0.39, 0.29) is 0 Å². The fourth-order valence-corrected chi connectivity index (χ4v) is 4.31. The summed E-state index contributed by atoms with van der Waals surface area (Å²) in [5, 5.41) is 119. The maximum absolute atomic E-state index is 10.6. The molecule has 0 bridgehead atoms. The van der Waals surface area contributed by atoms with Crippen molar-refractivity contribution in [3.63, 3.8) is 0 Å². The van der Waals surface area contributed by atoms with E-state index in [1.54, 1.807) is 0 Å². The molecule has 0 aromatic rings. The van der Waals surface area contributed by atoms with E-state index in [0.29, 0.717) is 0 Å². The zero-order valence-corrected chi connectivity index (χ0v) is 20.6. The molecule has 3 aliphatic rings.